The van der Waals surface area contributed by atoms with Gasteiger partial charge in [0.25, 0.3) is 0 Å². The zero-order valence-electron chi connectivity index (χ0n) is 6.78. The van der Waals surface area contributed by atoms with Crippen LogP contribution in [0.2, 0.25) is 0 Å². The van der Waals surface area contributed by atoms with Gasteiger partial charge in [0.2, 0.25) is 0 Å². The van der Waals surface area contributed by atoms with Crippen molar-refractivity contribution in [1.29, 1.82) is 0 Å². The molecule has 2 N–H and O–H groups in total. The highest BCUT2D eigenvalue weighted by atomic mass is 19.1. The van der Waals surface area contributed by atoms with Crippen LogP contribution in [0.3, 0.4) is 0 Å². The topological polar surface area (TPSA) is 26.0 Å². The molecule has 0 aliphatic carbocycles. The fourth-order valence-corrected chi connectivity index (χ4v) is 0.647. The van der Waals surface area contributed by atoms with E-state index in [-0.39, 0.29) is 0 Å². The molecular formula is C8H16FN. The van der Waals surface area contributed by atoms with Gasteiger partial charge in [0.05, 0.1) is 0 Å². The number of hydrogen-bond acceptors (Lipinski definition) is 1. The molecule has 60 valence electrons. The van der Waals surface area contributed by atoms with Gasteiger partial charge in [-0.3, -0.25) is 0 Å². The normalized spacial score (nSPS) is 16.4. The minimum absolute atomic E-state index is 0.485. The van der Waals surface area contributed by atoms with Crippen molar-refractivity contribution in [2.45, 2.75) is 32.4 Å². The highest BCUT2D eigenvalue weighted by Gasteiger charge is 2.22. The molecule has 0 fully saturated rings. The van der Waals surface area contributed by atoms with E-state index < -0.39 is 5.67 Å². The van der Waals surface area contributed by atoms with Gasteiger partial charge in [0, 0.05) is 0 Å². The molecule has 2 heteroatoms. The molecule has 0 radical (unpaired) electrons. The van der Waals surface area contributed by atoms with Gasteiger partial charge in [-0.15, -0.1) is 0 Å². The second kappa shape index (κ2) is 3.71. The third-order valence-corrected chi connectivity index (χ3v) is 1.74. The summed E-state index contributed by atoms with van der Waals surface area (Å²) >= 11 is 0. The molecule has 1 unspecified atom stereocenters. The maximum absolute atomic E-state index is 13.2. The lowest BCUT2D eigenvalue weighted by Crippen LogP contribution is -2.20. The number of halogens is 1. The standard InChI is InChI=1S/C8H16FN/c1-7(2)8(3,9)5-4-6-10/h1,4-6,10H2,2-3H3. The number of alkyl halides is 1. The highest BCUT2D eigenvalue weighted by molar-refractivity contribution is 5.06. The molecule has 0 bridgehead atoms. The van der Waals surface area contributed by atoms with Crippen molar-refractivity contribution in [2.24, 2.45) is 5.73 Å². The van der Waals surface area contributed by atoms with Crippen LogP contribution in [0.4, 0.5) is 4.39 Å². The van der Waals surface area contributed by atoms with Crippen LogP contribution in [0, 0.1) is 0 Å². The van der Waals surface area contributed by atoms with E-state index in [1.165, 1.54) is 0 Å². The lowest BCUT2D eigenvalue weighted by Gasteiger charge is -2.19. The molecule has 0 aliphatic rings. The van der Waals surface area contributed by atoms with Crippen molar-refractivity contribution in [3.63, 3.8) is 0 Å². The van der Waals surface area contributed by atoms with Crippen molar-refractivity contribution in [3.8, 4) is 0 Å². The molecule has 0 aliphatic heterocycles. The van der Waals surface area contributed by atoms with Crippen molar-refractivity contribution < 1.29 is 4.39 Å². The molecule has 1 nitrogen and oxygen atoms in total. The Morgan fingerprint density at radius 3 is 2.50 bits per heavy atom. The molecule has 0 spiro atoms. The smallest absolute Gasteiger partial charge is 0.128 e. The van der Waals surface area contributed by atoms with Crippen LogP contribution in [0.15, 0.2) is 12.2 Å². The number of rotatable bonds is 4. The van der Waals surface area contributed by atoms with Crippen LogP contribution in [-0.4, -0.2) is 12.2 Å². The Labute approximate surface area is 62.1 Å². The number of nitrogens with two attached hydrogens (primary N) is 1. The lowest BCUT2D eigenvalue weighted by molar-refractivity contribution is 0.220. The molecule has 0 amide bonds. The SMILES string of the molecule is C=C(C)C(C)(F)CCCN. The van der Waals surface area contributed by atoms with Gasteiger partial charge >= 0.3 is 0 Å². The van der Waals surface area contributed by atoms with Crippen molar-refractivity contribution in [2.75, 3.05) is 6.54 Å². The zero-order chi connectivity index (χ0) is 8.20. The van der Waals surface area contributed by atoms with E-state index in [2.05, 4.69) is 6.58 Å². The van der Waals surface area contributed by atoms with Gasteiger partial charge in [-0.05, 0) is 38.8 Å². The zero-order valence-corrected chi connectivity index (χ0v) is 6.78. The minimum Gasteiger partial charge on any atom is -0.330 e. The Bertz CT molecular complexity index is 118. The first-order valence-electron chi connectivity index (χ1n) is 3.55. The summed E-state index contributed by atoms with van der Waals surface area (Å²) in [4.78, 5) is 0. The van der Waals surface area contributed by atoms with E-state index in [9.17, 15) is 4.39 Å². The molecule has 10 heavy (non-hydrogen) atoms. The van der Waals surface area contributed by atoms with Crippen LogP contribution >= 0.6 is 0 Å². The van der Waals surface area contributed by atoms with Gasteiger partial charge in [-0.25, -0.2) is 4.39 Å². The highest BCUT2D eigenvalue weighted by Crippen LogP contribution is 2.24. The van der Waals surface area contributed by atoms with E-state index in [4.69, 9.17) is 5.73 Å². The molecule has 0 rings (SSSR count). The summed E-state index contributed by atoms with van der Waals surface area (Å²) in [7, 11) is 0. The van der Waals surface area contributed by atoms with Crippen molar-refractivity contribution in [3.05, 3.63) is 12.2 Å². The second-order valence-electron chi connectivity index (χ2n) is 2.87. The molecule has 0 saturated carbocycles. The third kappa shape index (κ3) is 2.97. The maximum Gasteiger partial charge on any atom is 0.128 e. The van der Waals surface area contributed by atoms with Gasteiger partial charge in [-0.1, -0.05) is 6.58 Å². The molecular weight excluding hydrogens is 129 g/mol. The molecule has 0 aromatic rings. The molecule has 0 aromatic heterocycles. The van der Waals surface area contributed by atoms with Crippen molar-refractivity contribution >= 4 is 0 Å². The third-order valence-electron chi connectivity index (χ3n) is 1.74. The number of hydrogen-bond donors (Lipinski definition) is 1. The van der Waals surface area contributed by atoms with Crippen LogP contribution in [-0.2, 0) is 0 Å². The average molecular weight is 145 g/mol. The van der Waals surface area contributed by atoms with Gasteiger partial charge in [0.1, 0.15) is 5.67 Å². The van der Waals surface area contributed by atoms with Crippen LogP contribution in [0.25, 0.3) is 0 Å². The number of allylic oxidation sites excluding steroid dienone is 1. The largest absolute Gasteiger partial charge is 0.330 e. The van der Waals surface area contributed by atoms with E-state index >= 15 is 0 Å². The summed E-state index contributed by atoms with van der Waals surface area (Å²) in [5, 5.41) is 0. The van der Waals surface area contributed by atoms with E-state index in [0.29, 0.717) is 18.5 Å². The molecule has 0 aromatic carbocycles. The molecule has 1 atom stereocenters. The minimum atomic E-state index is -1.22. The Morgan fingerprint density at radius 1 is 1.70 bits per heavy atom. The summed E-state index contributed by atoms with van der Waals surface area (Å²) in [5.41, 5.74) is 4.60. The fraction of sp³-hybridized carbons (Fsp3) is 0.750. The Hall–Kier alpha value is -0.370. The van der Waals surface area contributed by atoms with Gasteiger partial charge < -0.3 is 5.73 Å². The summed E-state index contributed by atoms with van der Waals surface area (Å²) in [6.07, 6.45) is 1.21. The van der Waals surface area contributed by atoms with E-state index in [0.717, 1.165) is 6.42 Å². The first kappa shape index (κ1) is 9.63. The van der Waals surface area contributed by atoms with Gasteiger partial charge in [0.15, 0.2) is 0 Å². The summed E-state index contributed by atoms with van der Waals surface area (Å²) in [6, 6.07) is 0. The summed E-state index contributed by atoms with van der Waals surface area (Å²) in [6.45, 7) is 7.36. The lowest BCUT2D eigenvalue weighted by atomic mass is 9.95. The quantitative estimate of drug-likeness (QED) is 0.602. The average Bonchev–Trinajstić information content (AvgIpc) is 1.84. The fourth-order valence-electron chi connectivity index (χ4n) is 0.647. The second-order valence-corrected chi connectivity index (χ2v) is 2.87. The Balaban J connectivity index is 3.75. The van der Waals surface area contributed by atoms with E-state index in [1.54, 1.807) is 13.8 Å². The van der Waals surface area contributed by atoms with Crippen LogP contribution in [0.5, 0.6) is 0 Å². The van der Waals surface area contributed by atoms with Crippen molar-refractivity contribution in [1.82, 2.24) is 0 Å². The van der Waals surface area contributed by atoms with Crippen LogP contribution < -0.4 is 5.73 Å². The molecule has 0 saturated heterocycles. The van der Waals surface area contributed by atoms with Crippen LogP contribution in [0.1, 0.15) is 26.7 Å². The first-order chi connectivity index (χ1) is 4.50. The first-order valence-corrected chi connectivity index (χ1v) is 3.55. The maximum atomic E-state index is 13.2. The summed E-state index contributed by atoms with van der Waals surface area (Å²) < 4.78 is 13.2. The van der Waals surface area contributed by atoms with Gasteiger partial charge in [-0.2, -0.15) is 0 Å². The summed E-state index contributed by atoms with van der Waals surface area (Å²) in [5.74, 6) is 0. The Morgan fingerprint density at radius 2 is 2.20 bits per heavy atom. The Kier molecular flexibility index (Phi) is 3.58. The monoisotopic (exact) mass is 145 g/mol. The molecule has 0 heterocycles. The predicted octanol–water partition coefficient (Wildman–Crippen LogP) is 2.03. The predicted molar refractivity (Wildman–Crippen MR) is 42.6 cm³/mol. The van der Waals surface area contributed by atoms with E-state index in [1.807, 2.05) is 0 Å².